The molecule has 0 aromatic heterocycles. The van der Waals surface area contributed by atoms with Crippen molar-refractivity contribution < 1.29 is 18.0 Å². The molecule has 1 aromatic carbocycles. The number of alkyl halides is 3. The summed E-state index contributed by atoms with van der Waals surface area (Å²) < 4.78 is 39.6. The number of nitrogens with one attached hydrogen (secondary N) is 1. The lowest BCUT2D eigenvalue weighted by molar-refractivity contribution is -0.137. The highest BCUT2D eigenvalue weighted by Crippen LogP contribution is 2.43. The molecule has 0 spiro atoms. The summed E-state index contributed by atoms with van der Waals surface area (Å²) in [7, 11) is 0. The molecule has 3 rings (SSSR count). The normalized spacial score (nSPS) is 24.6. The second kappa shape index (κ2) is 5.26. The molecule has 1 saturated heterocycles. The third-order valence-corrected chi connectivity index (χ3v) is 4.40. The summed E-state index contributed by atoms with van der Waals surface area (Å²) in [6.07, 6.45) is -3.72. The van der Waals surface area contributed by atoms with E-state index in [0.717, 1.165) is 12.5 Å². The Morgan fingerprint density at radius 3 is 2.68 bits per heavy atom. The Balaban J connectivity index is 2.05. The van der Waals surface area contributed by atoms with Crippen LogP contribution in [0.25, 0.3) is 0 Å². The van der Waals surface area contributed by atoms with Crippen LogP contribution in [0.15, 0.2) is 18.2 Å². The zero-order chi connectivity index (χ0) is 16.1. The molecule has 0 bridgehead atoms. The molecule has 0 saturated carbocycles. The van der Waals surface area contributed by atoms with E-state index in [-0.39, 0.29) is 17.6 Å². The Labute approximate surface area is 127 Å². The van der Waals surface area contributed by atoms with Crippen LogP contribution in [0.5, 0.6) is 0 Å². The molecule has 3 nitrogen and oxygen atoms in total. The van der Waals surface area contributed by atoms with Crippen LogP contribution in [0.3, 0.4) is 0 Å². The Hall–Kier alpha value is -1.56. The van der Waals surface area contributed by atoms with Crippen molar-refractivity contribution in [1.82, 2.24) is 10.2 Å². The van der Waals surface area contributed by atoms with Gasteiger partial charge in [0, 0.05) is 19.1 Å². The number of rotatable bonds is 2. The van der Waals surface area contributed by atoms with Crippen molar-refractivity contribution in [2.24, 2.45) is 5.92 Å². The van der Waals surface area contributed by atoms with Crippen molar-refractivity contribution in [2.75, 3.05) is 13.1 Å². The Morgan fingerprint density at radius 2 is 2.05 bits per heavy atom. The zero-order valence-electron chi connectivity index (χ0n) is 12.6. The first-order valence-electron chi connectivity index (χ1n) is 7.54. The molecule has 2 atom stereocenters. The molecule has 2 heterocycles. The SMILES string of the molecule is CC(C)C[C@H]1CNC[C@@H]2c3cccc(C(F)(F)F)c3C(=O)N12. The standard InChI is InChI=1S/C16H19F3N2O/c1-9(2)6-10-7-20-8-13-11-4-3-5-12(16(17,18)19)14(11)15(22)21(10)13/h3-5,9-10,13,20H,6-8H2,1-2H3/t10-,13+/m0/s1. The van der Waals surface area contributed by atoms with Crippen LogP contribution in [-0.4, -0.2) is 29.9 Å². The number of hydrogen-bond donors (Lipinski definition) is 1. The van der Waals surface area contributed by atoms with Crippen LogP contribution in [-0.2, 0) is 6.18 Å². The maximum atomic E-state index is 13.2. The largest absolute Gasteiger partial charge is 0.417 e. The van der Waals surface area contributed by atoms with E-state index in [2.05, 4.69) is 19.2 Å². The maximum absolute atomic E-state index is 13.2. The lowest BCUT2D eigenvalue weighted by Crippen LogP contribution is -2.52. The van der Waals surface area contributed by atoms with Gasteiger partial charge >= 0.3 is 6.18 Å². The quantitative estimate of drug-likeness (QED) is 0.909. The predicted molar refractivity (Wildman–Crippen MR) is 76.5 cm³/mol. The van der Waals surface area contributed by atoms with Crippen molar-refractivity contribution in [3.8, 4) is 0 Å². The van der Waals surface area contributed by atoms with Crippen molar-refractivity contribution in [1.29, 1.82) is 0 Å². The summed E-state index contributed by atoms with van der Waals surface area (Å²) in [5, 5.41) is 3.26. The van der Waals surface area contributed by atoms with E-state index in [4.69, 9.17) is 0 Å². The molecular formula is C16H19F3N2O. The topological polar surface area (TPSA) is 32.3 Å². The molecule has 1 N–H and O–H groups in total. The fourth-order valence-electron chi connectivity index (χ4n) is 3.60. The van der Waals surface area contributed by atoms with Gasteiger partial charge < -0.3 is 10.2 Å². The molecule has 1 aromatic rings. The van der Waals surface area contributed by atoms with Crippen molar-refractivity contribution in [2.45, 2.75) is 38.5 Å². The third-order valence-electron chi connectivity index (χ3n) is 4.40. The molecular weight excluding hydrogens is 293 g/mol. The second-order valence-electron chi connectivity index (χ2n) is 6.44. The second-order valence-corrected chi connectivity index (χ2v) is 6.44. The molecule has 1 fully saturated rings. The van der Waals surface area contributed by atoms with Crippen LogP contribution >= 0.6 is 0 Å². The summed E-state index contributed by atoms with van der Waals surface area (Å²) in [6.45, 7) is 5.25. The average Bonchev–Trinajstić information content (AvgIpc) is 2.72. The van der Waals surface area contributed by atoms with E-state index in [9.17, 15) is 18.0 Å². The van der Waals surface area contributed by atoms with E-state index >= 15 is 0 Å². The van der Waals surface area contributed by atoms with Gasteiger partial charge in [0.2, 0.25) is 0 Å². The minimum atomic E-state index is -4.50. The number of hydrogen-bond acceptors (Lipinski definition) is 2. The van der Waals surface area contributed by atoms with Gasteiger partial charge in [-0.3, -0.25) is 4.79 Å². The molecule has 0 unspecified atom stereocenters. The lowest BCUT2D eigenvalue weighted by Gasteiger charge is -2.39. The molecule has 0 radical (unpaired) electrons. The van der Waals surface area contributed by atoms with Gasteiger partial charge in [-0.2, -0.15) is 13.2 Å². The highest BCUT2D eigenvalue weighted by Gasteiger charge is 2.47. The Morgan fingerprint density at radius 1 is 1.32 bits per heavy atom. The zero-order valence-corrected chi connectivity index (χ0v) is 12.6. The third kappa shape index (κ3) is 2.39. The molecule has 2 aliphatic rings. The minimum Gasteiger partial charge on any atom is -0.326 e. The number of benzene rings is 1. The fourth-order valence-corrected chi connectivity index (χ4v) is 3.60. The van der Waals surface area contributed by atoms with Gasteiger partial charge in [0.1, 0.15) is 0 Å². The van der Waals surface area contributed by atoms with Gasteiger partial charge in [0.05, 0.1) is 17.2 Å². The smallest absolute Gasteiger partial charge is 0.326 e. The first-order chi connectivity index (χ1) is 10.3. The molecule has 0 aliphatic carbocycles. The van der Waals surface area contributed by atoms with E-state index in [1.54, 1.807) is 11.0 Å². The summed E-state index contributed by atoms with van der Waals surface area (Å²) >= 11 is 0. The maximum Gasteiger partial charge on any atom is 0.417 e. The van der Waals surface area contributed by atoms with E-state index in [1.165, 1.54) is 6.07 Å². The first-order valence-corrected chi connectivity index (χ1v) is 7.54. The number of fused-ring (bicyclic) bond motifs is 3. The van der Waals surface area contributed by atoms with Gasteiger partial charge in [-0.25, -0.2) is 0 Å². The molecule has 22 heavy (non-hydrogen) atoms. The van der Waals surface area contributed by atoms with Crippen LogP contribution in [0.2, 0.25) is 0 Å². The van der Waals surface area contributed by atoms with E-state index in [1.807, 2.05) is 0 Å². The predicted octanol–water partition coefficient (Wildman–Crippen LogP) is 3.22. The van der Waals surface area contributed by atoms with Crippen molar-refractivity contribution in [3.63, 3.8) is 0 Å². The van der Waals surface area contributed by atoms with Crippen LogP contribution < -0.4 is 5.32 Å². The summed E-state index contributed by atoms with van der Waals surface area (Å²) in [5.41, 5.74) is -0.467. The van der Waals surface area contributed by atoms with E-state index < -0.39 is 17.6 Å². The van der Waals surface area contributed by atoms with Crippen molar-refractivity contribution >= 4 is 5.91 Å². The number of piperazine rings is 1. The number of halogens is 3. The summed E-state index contributed by atoms with van der Waals surface area (Å²) in [5.74, 6) is -0.0933. The van der Waals surface area contributed by atoms with Gasteiger partial charge in [-0.1, -0.05) is 26.0 Å². The monoisotopic (exact) mass is 312 g/mol. The van der Waals surface area contributed by atoms with Crippen LogP contribution in [0.1, 0.15) is 47.8 Å². The van der Waals surface area contributed by atoms with Crippen molar-refractivity contribution in [3.05, 3.63) is 34.9 Å². The molecule has 120 valence electrons. The number of carbonyl (C=O) groups is 1. The molecule has 1 amide bonds. The number of nitrogens with zero attached hydrogens (tertiary/aromatic N) is 1. The molecule has 2 aliphatic heterocycles. The van der Waals surface area contributed by atoms with E-state index in [0.29, 0.717) is 24.6 Å². The Bertz CT molecular complexity index is 598. The van der Waals surface area contributed by atoms with Gasteiger partial charge in [-0.15, -0.1) is 0 Å². The average molecular weight is 312 g/mol. The van der Waals surface area contributed by atoms with Gasteiger partial charge in [0.25, 0.3) is 5.91 Å². The highest BCUT2D eigenvalue weighted by molar-refractivity contribution is 6.01. The van der Waals surface area contributed by atoms with Crippen LogP contribution in [0, 0.1) is 5.92 Å². The number of carbonyl (C=O) groups excluding carboxylic acids is 1. The number of amides is 1. The fraction of sp³-hybridized carbons (Fsp3) is 0.562. The summed E-state index contributed by atoms with van der Waals surface area (Å²) in [6, 6.07) is 3.69. The van der Waals surface area contributed by atoms with Gasteiger partial charge in [0.15, 0.2) is 0 Å². The highest BCUT2D eigenvalue weighted by atomic mass is 19.4. The summed E-state index contributed by atoms with van der Waals surface area (Å²) in [4.78, 5) is 14.4. The van der Waals surface area contributed by atoms with Crippen LogP contribution in [0.4, 0.5) is 13.2 Å². The first kappa shape index (κ1) is 15.3. The molecule has 6 heteroatoms. The minimum absolute atomic E-state index is 0.0558. The Kier molecular flexibility index (Phi) is 3.67. The van der Waals surface area contributed by atoms with Gasteiger partial charge in [-0.05, 0) is 24.0 Å². The lowest BCUT2D eigenvalue weighted by atomic mass is 9.96.